The summed E-state index contributed by atoms with van der Waals surface area (Å²) in [5.41, 5.74) is 1.20. The summed E-state index contributed by atoms with van der Waals surface area (Å²) in [6.07, 6.45) is -1.03. The number of alkyl halides is 3. The van der Waals surface area contributed by atoms with Crippen molar-refractivity contribution in [3.05, 3.63) is 59.7 Å². The van der Waals surface area contributed by atoms with Gasteiger partial charge in [0.15, 0.2) is 0 Å². The Kier molecular flexibility index (Phi) is 7.07. The Morgan fingerprint density at radius 3 is 2.37 bits per heavy atom. The van der Waals surface area contributed by atoms with Crippen molar-refractivity contribution < 1.29 is 22.8 Å². The number of amides is 2. The van der Waals surface area contributed by atoms with Crippen LogP contribution < -0.4 is 10.2 Å². The van der Waals surface area contributed by atoms with Gasteiger partial charge in [-0.2, -0.15) is 13.2 Å². The van der Waals surface area contributed by atoms with Gasteiger partial charge in [0, 0.05) is 17.8 Å². The third-order valence-electron chi connectivity index (χ3n) is 4.83. The lowest BCUT2D eigenvalue weighted by Gasteiger charge is -2.25. The Morgan fingerprint density at radius 1 is 1.10 bits per heavy atom. The van der Waals surface area contributed by atoms with Gasteiger partial charge in [-0.3, -0.25) is 14.5 Å². The second-order valence-corrected chi connectivity index (χ2v) is 8.17. The molecule has 0 aromatic heterocycles. The molecule has 4 nitrogen and oxygen atoms in total. The molecule has 1 aliphatic heterocycles. The van der Waals surface area contributed by atoms with Crippen LogP contribution in [0.4, 0.5) is 24.5 Å². The van der Waals surface area contributed by atoms with E-state index in [9.17, 15) is 22.8 Å². The molecule has 0 bridgehead atoms. The largest absolute Gasteiger partial charge is 0.416 e. The predicted octanol–water partition coefficient (Wildman–Crippen LogP) is 6.00. The Labute approximate surface area is 177 Å². The van der Waals surface area contributed by atoms with Gasteiger partial charge in [-0.1, -0.05) is 31.9 Å². The molecule has 2 aromatic carbocycles. The summed E-state index contributed by atoms with van der Waals surface area (Å²) in [6.45, 7) is 2.08. The molecule has 0 aliphatic carbocycles. The van der Waals surface area contributed by atoms with Crippen LogP contribution in [0, 0.1) is 0 Å². The molecule has 2 amide bonds. The van der Waals surface area contributed by atoms with Crippen molar-refractivity contribution in [2.45, 2.75) is 44.2 Å². The number of benzene rings is 2. The van der Waals surface area contributed by atoms with E-state index in [1.165, 1.54) is 28.8 Å². The highest BCUT2D eigenvalue weighted by atomic mass is 32.2. The van der Waals surface area contributed by atoms with Gasteiger partial charge in [0.25, 0.3) is 0 Å². The number of halogens is 3. The van der Waals surface area contributed by atoms with Gasteiger partial charge < -0.3 is 5.32 Å². The van der Waals surface area contributed by atoms with E-state index in [1.807, 2.05) is 12.1 Å². The van der Waals surface area contributed by atoms with E-state index in [4.69, 9.17) is 0 Å². The van der Waals surface area contributed by atoms with Crippen LogP contribution in [0.3, 0.4) is 0 Å². The average Bonchev–Trinajstić information content (AvgIpc) is 3.09. The molecule has 0 radical (unpaired) electrons. The van der Waals surface area contributed by atoms with Gasteiger partial charge in [-0.25, -0.2) is 0 Å². The van der Waals surface area contributed by atoms with E-state index < -0.39 is 11.7 Å². The molecule has 2 aromatic rings. The van der Waals surface area contributed by atoms with Crippen LogP contribution in [0.2, 0.25) is 0 Å². The minimum absolute atomic E-state index is 0.0343. The highest BCUT2D eigenvalue weighted by Gasteiger charge is 2.35. The smallest absolute Gasteiger partial charge is 0.326 e. The van der Waals surface area contributed by atoms with Gasteiger partial charge in [0.2, 0.25) is 11.8 Å². The van der Waals surface area contributed by atoms with Crippen LogP contribution in [0.15, 0.2) is 48.5 Å². The zero-order valence-corrected chi connectivity index (χ0v) is 17.4. The first-order chi connectivity index (χ1) is 14.3. The number of rotatable bonds is 7. The molecule has 0 saturated carbocycles. The van der Waals surface area contributed by atoms with Gasteiger partial charge >= 0.3 is 6.18 Å². The maximum Gasteiger partial charge on any atom is 0.416 e. The first-order valence-electron chi connectivity index (χ1n) is 9.80. The summed E-state index contributed by atoms with van der Waals surface area (Å²) in [5.74, 6) is 0.0628. The number of carbonyl (C=O) groups excluding carboxylic acids is 2. The van der Waals surface area contributed by atoms with Crippen molar-refractivity contribution in [2.75, 3.05) is 16.0 Å². The summed E-state index contributed by atoms with van der Waals surface area (Å²) < 4.78 is 38.4. The number of hydrogen-bond acceptors (Lipinski definition) is 3. The lowest BCUT2D eigenvalue weighted by molar-refractivity contribution is -0.137. The minimum Gasteiger partial charge on any atom is -0.326 e. The molecule has 1 saturated heterocycles. The van der Waals surface area contributed by atoms with Crippen LogP contribution in [0.5, 0.6) is 0 Å². The molecule has 1 atom stereocenters. The fraction of sp³-hybridized carbons (Fsp3) is 0.364. The number of thioether (sulfide) groups is 1. The summed E-state index contributed by atoms with van der Waals surface area (Å²) in [4.78, 5) is 25.9. The van der Waals surface area contributed by atoms with E-state index in [1.54, 1.807) is 12.1 Å². The fourth-order valence-electron chi connectivity index (χ4n) is 3.25. The van der Waals surface area contributed by atoms with Crippen LogP contribution in [0.1, 0.15) is 49.1 Å². The zero-order chi connectivity index (χ0) is 21.7. The molecule has 160 valence electrons. The third-order valence-corrected chi connectivity index (χ3v) is 6.04. The zero-order valence-electron chi connectivity index (χ0n) is 16.5. The Hall–Kier alpha value is -2.48. The van der Waals surface area contributed by atoms with Gasteiger partial charge in [0.05, 0.1) is 11.3 Å². The van der Waals surface area contributed by atoms with Crippen molar-refractivity contribution in [3.63, 3.8) is 0 Å². The van der Waals surface area contributed by atoms with Crippen molar-refractivity contribution in [1.82, 2.24) is 0 Å². The minimum atomic E-state index is -4.42. The lowest BCUT2D eigenvalue weighted by Crippen LogP contribution is -2.27. The van der Waals surface area contributed by atoms with E-state index in [0.29, 0.717) is 17.8 Å². The molecule has 1 heterocycles. The summed E-state index contributed by atoms with van der Waals surface area (Å²) in [7, 11) is 0. The quantitative estimate of drug-likeness (QED) is 0.542. The summed E-state index contributed by atoms with van der Waals surface area (Å²) in [5, 5.41) is 2.53. The van der Waals surface area contributed by atoms with E-state index >= 15 is 0 Å². The monoisotopic (exact) mass is 436 g/mol. The van der Waals surface area contributed by atoms with Gasteiger partial charge in [-0.05, 0) is 48.4 Å². The van der Waals surface area contributed by atoms with Crippen LogP contribution >= 0.6 is 11.8 Å². The van der Waals surface area contributed by atoms with E-state index in [2.05, 4.69) is 12.2 Å². The lowest BCUT2D eigenvalue weighted by atomic mass is 10.1. The molecule has 1 fully saturated rings. The maximum absolute atomic E-state index is 12.8. The van der Waals surface area contributed by atoms with Crippen LogP contribution in [-0.2, 0) is 15.8 Å². The molecular formula is C22H23F3N2O2S. The predicted molar refractivity (Wildman–Crippen MR) is 113 cm³/mol. The highest BCUT2D eigenvalue weighted by molar-refractivity contribution is 8.00. The first-order valence-corrected chi connectivity index (χ1v) is 10.8. The summed E-state index contributed by atoms with van der Waals surface area (Å²) >= 11 is 1.42. The average molecular weight is 436 g/mol. The molecule has 0 unspecified atom stereocenters. The Bertz CT molecular complexity index is 883. The molecule has 3 rings (SSSR count). The van der Waals surface area contributed by atoms with Crippen LogP contribution in [0.25, 0.3) is 0 Å². The SMILES string of the molecule is CCCCCC(=O)Nc1ccc([C@H]2SCC(=O)N2c2ccc(C(F)(F)F)cc2)cc1. The molecule has 8 heteroatoms. The molecule has 1 N–H and O–H groups in total. The van der Waals surface area contributed by atoms with Crippen molar-refractivity contribution in [3.8, 4) is 0 Å². The highest BCUT2D eigenvalue weighted by Crippen LogP contribution is 2.42. The van der Waals surface area contributed by atoms with Gasteiger partial charge in [0.1, 0.15) is 5.37 Å². The standard InChI is InChI=1S/C22H23F3N2O2S/c1-2-3-4-5-19(28)26-17-10-6-15(7-11-17)21-27(20(29)14-30-21)18-12-8-16(9-13-18)22(23,24)25/h6-13,21H,2-5,14H2,1H3,(H,26,28)/t21-/m1/s1. The molecule has 1 aliphatic rings. The number of nitrogens with zero attached hydrogens (tertiary/aromatic N) is 1. The van der Waals surface area contributed by atoms with Gasteiger partial charge in [-0.15, -0.1) is 11.8 Å². The molecule has 30 heavy (non-hydrogen) atoms. The number of unbranched alkanes of at least 4 members (excludes halogenated alkanes) is 2. The number of nitrogens with one attached hydrogen (secondary N) is 1. The molecular weight excluding hydrogens is 413 g/mol. The molecule has 0 spiro atoms. The van der Waals surface area contributed by atoms with E-state index in [0.717, 1.165) is 37.0 Å². The normalized spacial score (nSPS) is 16.7. The van der Waals surface area contributed by atoms with Crippen molar-refractivity contribution in [2.24, 2.45) is 0 Å². The first kappa shape index (κ1) is 22.2. The Morgan fingerprint density at radius 2 is 1.77 bits per heavy atom. The maximum atomic E-state index is 12.8. The Balaban J connectivity index is 1.71. The number of anilines is 2. The van der Waals surface area contributed by atoms with Crippen molar-refractivity contribution >= 4 is 35.0 Å². The van der Waals surface area contributed by atoms with E-state index in [-0.39, 0.29) is 22.9 Å². The summed E-state index contributed by atoms with van der Waals surface area (Å²) in [6, 6.07) is 11.8. The topological polar surface area (TPSA) is 49.4 Å². The number of hydrogen-bond donors (Lipinski definition) is 1. The fourth-order valence-corrected chi connectivity index (χ4v) is 4.43. The second kappa shape index (κ2) is 9.55. The number of carbonyl (C=O) groups is 2. The van der Waals surface area contributed by atoms with Crippen molar-refractivity contribution in [1.29, 1.82) is 0 Å². The second-order valence-electron chi connectivity index (χ2n) is 7.10. The van der Waals surface area contributed by atoms with Crippen LogP contribution in [-0.4, -0.2) is 17.6 Å². The third kappa shape index (κ3) is 5.36.